The first-order valence-corrected chi connectivity index (χ1v) is 6.70. The molecule has 0 unspecified atom stereocenters. The van der Waals surface area contributed by atoms with E-state index in [1.54, 1.807) is 12.1 Å². The lowest BCUT2D eigenvalue weighted by atomic mass is 10.0. The summed E-state index contributed by atoms with van der Waals surface area (Å²) in [5.74, 6) is 1.36. The van der Waals surface area contributed by atoms with Crippen LogP contribution in [-0.2, 0) is 6.61 Å². The molecule has 0 aliphatic heterocycles. The molecule has 2 rings (SSSR count). The predicted molar refractivity (Wildman–Crippen MR) is 80.7 cm³/mol. The maximum Gasteiger partial charge on any atom is 0.119 e. The van der Waals surface area contributed by atoms with Crippen molar-refractivity contribution in [3.8, 4) is 5.75 Å². The molecule has 0 spiro atoms. The summed E-state index contributed by atoms with van der Waals surface area (Å²) < 4.78 is 5.72. The zero-order chi connectivity index (χ0) is 13.8. The fourth-order valence-electron chi connectivity index (χ4n) is 1.81. The highest BCUT2D eigenvalue weighted by Crippen LogP contribution is 2.22. The molecule has 2 nitrogen and oxygen atoms in total. The Balaban J connectivity index is 2.04. The number of hydrogen-bond donors (Lipinski definition) is 1. The lowest BCUT2D eigenvalue weighted by molar-refractivity contribution is 0.307. The molecule has 0 heterocycles. The van der Waals surface area contributed by atoms with E-state index >= 15 is 0 Å². The summed E-state index contributed by atoms with van der Waals surface area (Å²) in [7, 11) is 0. The molecule has 0 aromatic heterocycles. The van der Waals surface area contributed by atoms with E-state index in [2.05, 4.69) is 26.0 Å². The first-order chi connectivity index (χ1) is 9.06. The first-order valence-electron chi connectivity index (χ1n) is 6.33. The van der Waals surface area contributed by atoms with Crippen LogP contribution in [0.15, 0.2) is 42.5 Å². The smallest absolute Gasteiger partial charge is 0.119 e. The second-order valence-corrected chi connectivity index (χ2v) is 5.29. The van der Waals surface area contributed by atoms with Crippen LogP contribution in [0.3, 0.4) is 0 Å². The van der Waals surface area contributed by atoms with E-state index in [9.17, 15) is 0 Å². The minimum Gasteiger partial charge on any atom is -0.489 e. The summed E-state index contributed by atoms with van der Waals surface area (Å²) in [6, 6.07) is 13.5. The first kappa shape index (κ1) is 13.8. The maximum atomic E-state index is 5.94. The van der Waals surface area contributed by atoms with E-state index in [-0.39, 0.29) is 0 Å². The van der Waals surface area contributed by atoms with Gasteiger partial charge in [0.25, 0.3) is 0 Å². The largest absolute Gasteiger partial charge is 0.489 e. The number of anilines is 1. The van der Waals surface area contributed by atoms with Gasteiger partial charge in [0.1, 0.15) is 12.4 Å². The standard InChI is InChI=1S/C16H18ClNO/c1-11(2)12-3-6-15(7-4-12)19-10-13-9-14(17)5-8-16(13)18/h3-9,11H,10,18H2,1-2H3. The van der Waals surface area contributed by atoms with Crippen molar-refractivity contribution in [3.05, 3.63) is 58.6 Å². The van der Waals surface area contributed by atoms with Crippen molar-refractivity contribution in [1.82, 2.24) is 0 Å². The van der Waals surface area contributed by atoms with Gasteiger partial charge in [0, 0.05) is 16.3 Å². The number of nitrogens with two attached hydrogens (primary N) is 1. The Morgan fingerprint density at radius 3 is 2.42 bits per heavy atom. The van der Waals surface area contributed by atoms with Crippen LogP contribution in [-0.4, -0.2) is 0 Å². The molecule has 0 radical (unpaired) electrons. The topological polar surface area (TPSA) is 35.2 Å². The molecule has 0 bridgehead atoms. The number of nitrogen functional groups attached to an aromatic ring is 1. The van der Waals surface area contributed by atoms with Crippen LogP contribution in [0.5, 0.6) is 5.75 Å². The molecule has 19 heavy (non-hydrogen) atoms. The Hall–Kier alpha value is -1.67. The Kier molecular flexibility index (Phi) is 4.33. The molecule has 2 N–H and O–H groups in total. The highest BCUT2D eigenvalue weighted by atomic mass is 35.5. The molecule has 0 aliphatic carbocycles. The molecule has 0 aliphatic rings. The number of ether oxygens (including phenoxy) is 1. The SMILES string of the molecule is CC(C)c1ccc(OCc2cc(Cl)ccc2N)cc1. The van der Waals surface area contributed by atoms with E-state index < -0.39 is 0 Å². The van der Waals surface area contributed by atoms with Crippen LogP contribution in [0.1, 0.15) is 30.9 Å². The molecule has 100 valence electrons. The fourth-order valence-corrected chi connectivity index (χ4v) is 2.00. The van der Waals surface area contributed by atoms with Crippen molar-refractivity contribution >= 4 is 17.3 Å². The third-order valence-electron chi connectivity index (χ3n) is 3.05. The average Bonchev–Trinajstić information content (AvgIpc) is 2.40. The molecule has 0 saturated carbocycles. The van der Waals surface area contributed by atoms with Crippen molar-refractivity contribution in [2.24, 2.45) is 0 Å². The second kappa shape index (κ2) is 5.98. The van der Waals surface area contributed by atoms with Crippen molar-refractivity contribution in [2.45, 2.75) is 26.4 Å². The number of hydrogen-bond acceptors (Lipinski definition) is 2. The molecule has 0 atom stereocenters. The lowest BCUT2D eigenvalue weighted by Gasteiger charge is -2.10. The minimum absolute atomic E-state index is 0.424. The van der Waals surface area contributed by atoms with Gasteiger partial charge in [-0.25, -0.2) is 0 Å². The molecule has 2 aromatic carbocycles. The highest BCUT2D eigenvalue weighted by molar-refractivity contribution is 6.30. The molecular weight excluding hydrogens is 258 g/mol. The van der Waals surface area contributed by atoms with Crippen molar-refractivity contribution < 1.29 is 4.74 Å². The number of halogens is 1. The van der Waals surface area contributed by atoms with E-state index in [0.29, 0.717) is 23.2 Å². The van der Waals surface area contributed by atoms with Gasteiger partial charge in [-0.15, -0.1) is 0 Å². The zero-order valence-corrected chi connectivity index (χ0v) is 11.9. The van der Waals surface area contributed by atoms with Crippen LogP contribution in [0.2, 0.25) is 5.02 Å². The Bertz CT molecular complexity index is 549. The van der Waals surface area contributed by atoms with E-state index in [4.69, 9.17) is 22.1 Å². The normalized spacial score (nSPS) is 10.7. The van der Waals surface area contributed by atoms with Gasteiger partial charge in [-0.1, -0.05) is 37.6 Å². The highest BCUT2D eigenvalue weighted by Gasteiger charge is 2.03. The molecule has 0 saturated heterocycles. The van der Waals surface area contributed by atoms with Gasteiger partial charge < -0.3 is 10.5 Å². The molecule has 0 amide bonds. The third-order valence-corrected chi connectivity index (χ3v) is 3.28. The van der Waals surface area contributed by atoms with E-state index in [1.165, 1.54) is 5.56 Å². The van der Waals surface area contributed by atoms with E-state index in [1.807, 2.05) is 18.2 Å². The molecule has 0 fully saturated rings. The maximum absolute atomic E-state index is 5.94. The number of benzene rings is 2. The molecule has 2 aromatic rings. The minimum atomic E-state index is 0.424. The fraction of sp³-hybridized carbons (Fsp3) is 0.250. The van der Waals surface area contributed by atoms with Crippen LogP contribution < -0.4 is 10.5 Å². The molecule has 3 heteroatoms. The van der Waals surface area contributed by atoms with Gasteiger partial charge in [0.2, 0.25) is 0 Å². The lowest BCUT2D eigenvalue weighted by Crippen LogP contribution is -2.00. The zero-order valence-electron chi connectivity index (χ0n) is 11.2. The van der Waals surface area contributed by atoms with Crippen LogP contribution in [0.4, 0.5) is 5.69 Å². The summed E-state index contributed by atoms with van der Waals surface area (Å²) in [6.45, 7) is 4.76. The predicted octanol–water partition coefficient (Wildman–Crippen LogP) is 4.62. The summed E-state index contributed by atoms with van der Waals surface area (Å²) in [5.41, 5.74) is 8.78. The monoisotopic (exact) mass is 275 g/mol. The van der Waals surface area contributed by atoms with Gasteiger partial charge >= 0.3 is 0 Å². The summed E-state index contributed by atoms with van der Waals surface area (Å²) in [6.07, 6.45) is 0. The van der Waals surface area contributed by atoms with Gasteiger partial charge in [-0.2, -0.15) is 0 Å². The Morgan fingerprint density at radius 2 is 1.79 bits per heavy atom. The average molecular weight is 276 g/mol. The summed E-state index contributed by atoms with van der Waals surface area (Å²) >= 11 is 5.94. The Morgan fingerprint density at radius 1 is 1.11 bits per heavy atom. The van der Waals surface area contributed by atoms with Crippen LogP contribution in [0, 0.1) is 0 Å². The van der Waals surface area contributed by atoms with Crippen LogP contribution in [0.25, 0.3) is 0 Å². The van der Waals surface area contributed by atoms with Crippen LogP contribution >= 0.6 is 11.6 Å². The molecular formula is C16H18ClNO. The third kappa shape index (κ3) is 3.65. The number of rotatable bonds is 4. The second-order valence-electron chi connectivity index (χ2n) is 4.86. The summed E-state index contributed by atoms with van der Waals surface area (Å²) in [4.78, 5) is 0. The van der Waals surface area contributed by atoms with Crippen molar-refractivity contribution in [2.75, 3.05) is 5.73 Å². The van der Waals surface area contributed by atoms with Gasteiger partial charge in [-0.3, -0.25) is 0 Å². The van der Waals surface area contributed by atoms with E-state index in [0.717, 1.165) is 11.3 Å². The van der Waals surface area contributed by atoms with Crippen molar-refractivity contribution in [1.29, 1.82) is 0 Å². The quantitative estimate of drug-likeness (QED) is 0.826. The van der Waals surface area contributed by atoms with Gasteiger partial charge in [0.05, 0.1) is 0 Å². The Labute approximate surface area is 119 Å². The van der Waals surface area contributed by atoms with Crippen molar-refractivity contribution in [3.63, 3.8) is 0 Å². The van der Waals surface area contributed by atoms with Gasteiger partial charge in [-0.05, 0) is 41.8 Å². The summed E-state index contributed by atoms with van der Waals surface area (Å²) in [5, 5.41) is 0.669. The van der Waals surface area contributed by atoms with Gasteiger partial charge in [0.15, 0.2) is 0 Å².